The fourth-order valence-corrected chi connectivity index (χ4v) is 2.90. The summed E-state index contributed by atoms with van der Waals surface area (Å²) < 4.78 is 44.3. The molecule has 0 atom stereocenters. The second-order valence-electron chi connectivity index (χ2n) is 4.80. The van der Waals surface area contributed by atoms with Crippen molar-refractivity contribution in [2.45, 2.75) is 12.7 Å². The molecule has 0 aliphatic carbocycles. The summed E-state index contributed by atoms with van der Waals surface area (Å²) in [5, 5.41) is 6.23. The third-order valence-corrected chi connectivity index (χ3v) is 4.01. The number of rotatable bonds is 4. The number of thiazole rings is 1. The number of amides is 1. The van der Waals surface area contributed by atoms with Crippen molar-refractivity contribution in [2.24, 2.45) is 0 Å². The van der Waals surface area contributed by atoms with Gasteiger partial charge in [-0.1, -0.05) is 11.3 Å². The van der Waals surface area contributed by atoms with Crippen LogP contribution in [0, 0.1) is 0 Å². The number of hydrogen-bond acceptors (Lipinski definition) is 5. The number of carbonyl (C=O) groups is 1. The number of alkyl halides is 3. The van der Waals surface area contributed by atoms with Crippen molar-refractivity contribution >= 4 is 32.6 Å². The zero-order chi connectivity index (χ0) is 17.3. The van der Waals surface area contributed by atoms with Crippen LogP contribution >= 0.6 is 11.3 Å². The standard InChI is InChI=1S/C14H11F3N4O2S/c1-23-8-2-3-9-10(6-8)24-13(18-9)19-12(22)7-21-5-4-11(20-21)14(15,16)17/h2-6H,7H2,1H3,(H,18,19,22). The van der Waals surface area contributed by atoms with Crippen molar-refractivity contribution in [2.75, 3.05) is 12.4 Å². The largest absolute Gasteiger partial charge is 0.497 e. The van der Waals surface area contributed by atoms with E-state index in [1.165, 1.54) is 11.3 Å². The molecule has 3 aromatic rings. The Labute approximate surface area is 137 Å². The van der Waals surface area contributed by atoms with E-state index >= 15 is 0 Å². The average Bonchev–Trinajstić information content (AvgIpc) is 3.11. The lowest BCUT2D eigenvalue weighted by Gasteiger charge is -2.03. The van der Waals surface area contributed by atoms with E-state index in [2.05, 4.69) is 15.4 Å². The molecule has 6 nitrogen and oxygen atoms in total. The van der Waals surface area contributed by atoms with Crippen molar-refractivity contribution < 1.29 is 22.7 Å². The van der Waals surface area contributed by atoms with Crippen LogP contribution < -0.4 is 10.1 Å². The maximum atomic E-state index is 12.5. The monoisotopic (exact) mass is 356 g/mol. The van der Waals surface area contributed by atoms with Crippen molar-refractivity contribution in [1.29, 1.82) is 0 Å². The van der Waals surface area contributed by atoms with Gasteiger partial charge in [0, 0.05) is 6.20 Å². The van der Waals surface area contributed by atoms with Gasteiger partial charge in [-0.25, -0.2) is 4.98 Å². The van der Waals surface area contributed by atoms with Gasteiger partial charge in [0.1, 0.15) is 12.3 Å². The minimum Gasteiger partial charge on any atom is -0.497 e. The summed E-state index contributed by atoms with van der Waals surface area (Å²) in [6, 6.07) is 6.10. The molecule has 1 aromatic carbocycles. The molecule has 0 fully saturated rings. The second kappa shape index (κ2) is 6.11. The minimum absolute atomic E-state index is 0.338. The Hall–Kier alpha value is -2.62. The van der Waals surface area contributed by atoms with Crippen molar-refractivity contribution in [1.82, 2.24) is 14.8 Å². The maximum Gasteiger partial charge on any atom is 0.435 e. The van der Waals surface area contributed by atoms with Crippen LogP contribution in [0.4, 0.5) is 18.3 Å². The Kier molecular flexibility index (Phi) is 4.14. The molecule has 0 radical (unpaired) electrons. The van der Waals surface area contributed by atoms with E-state index in [1.54, 1.807) is 25.3 Å². The topological polar surface area (TPSA) is 69.0 Å². The summed E-state index contributed by atoms with van der Waals surface area (Å²) in [7, 11) is 1.55. The molecule has 0 bridgehead atoms. The smallest absolute Gasteiger partial charge is 0.435 e. The van der Waals surface area contributed by atoms with Crippen LogP contribution in [0.3, 0.4) is 0 Å². The molecule has 0 unspecified atom stereocenters. The predicted octanol–water partition coefficient (Wildman–Crippen LogP) is 3.16. The highest BCUT2D eigenvalue weighted by molar-refractivity contribution is 7.22. The van der Waals surface area contributed by atoms with Crippen LogP contribution in [-0.4, -0.2) is 27.8 Å². The highest BCUT2D eigenvalue weighted by Crippen LogP contribution is 2.29. The number of methoxy groups -OCH3 is 1. The van der Waals surface area contributed by atoms with Gasteiger partial charge in [0.15, 0.2) is 10.8 Å². The molecule has 0 spiro atoms. The molecule has 1 amide bonds. The van der Waals surface area contributed by atoms with Gasteiger partial charge in [0.05, 0.1) is 17.3 Å². The number of benzene rings is 1. The number of hydrogen-bond donors (Lipinski definition) is 1. The van der Waals surface area contributed by atoms with Crippen molar-refractivity contribution in [3.8, 4) is 5.75 Å². The molecule has 1 N–H and O–H groups in total. The van der Waals surface area contributed by atoms with Gasteiger partial charge in [-0.3, -0.25) is 9.48 Å². The lowest BCUT2D eigenvalue weighted by atomic mass is 10.3. The number of nitrogens with zero attached hydrogens (tertiary/aromatic N) is 3. The first-order valence-electron chi connectivity index (χ1n) is 6.70. The number of ether oxygens (including phenoxy) is 1. The molecular formula is C14H11F3N4O2S. The first-order chi connectivity index (χ1) is 11.3. The third-order valence-electron chi connectivity index (χ3n) is 3.08. The molecule has 10 heteroatoms. The molecule has 2 aromatic heterocycles. The fraction of sp³-hybridized carbons (Fsp3) is 0.214. The fourth-order valence-electron chi connectivity index (χ4n) is 1.99. The van der Waals surface area contributed by atoms with E-state index in [-0.39, 0.29) is 6.54 Å². The average molecular weight is 356 g/mol. The predicted molar refractivity (Wildman–Crippen MR) is 82.0 cm³/mol. The Morgan fingerprint density at radius 2 is 2.17 bits per heavy atom. The van der Waals surface area contributed by atoms with Crippen LogP contribution in [-0.2, 0) is 17.5 Å². The van der Waals surface area contributed by atoms with Gasteiger partial charge < -0.3 is 10.1 Å². The SMILES string of the molecule is COc1ccc2nc(NC(=O)Cn3ccc(C(F)(F)F)n3)sc2c1. The van der Waals surface area contributed by atoms with E-state index in [1.807, 2.05) is 0 Å². The highest BCUT2D eigenvalue weighted by Gasteiger charge is 2.33. The minimum atomic E-state index is -4.53. The summed E-state index contributed by atoms with van der Waals surface area (Å²) in [5.74, 6) is 0.151. The third kappa shape index (κ3) is 3.48. The quantitative estimate of drug-likeness (QED) is 0.780. The van der Waals surface area contributed by atoms with E-state index in [4.69, 9.17) is 4.74 Å². The molecule has 3 rings (SSSR count). The van der Waals surface area contributed by atoms with Crippen molar-refractivity contribution in [3.05, 3.63) is 36.2 Å². The lowest BCUT2D eigenvalue weighted by molar-refractivity contribution is -0.141. The summed E-state index contributed by atoms with van der Waals surface area (Å²) in [6.07, 6.45) is -3.43. The first kappa shape index (κ1) is 16.2. The van der Waals surface area contributed by atoms with Crippen LogP contribution in [0.2, 0.25) is 0 Å². The number of aromatic nitrogens is 3. The van der Waals surface area contributed by atoms with Gasteiger partial charge in [-0.2, -0.15) is 18.3 Å². The Bertz CT molecular complexity index is 888. The van der Waals surface area contributed by atoms with Crippen LogP contribution in [0.25, 0.3) is 10.2 Å². The van der Waals surface area contributed by atoms with Crippen molar-refractivity contribution in [3.63, 3.8) is 0 Å². The molecule has 0 saturated heterocycles. The van der Waals surface area contributed by atoms with Gasteiger partial charge in [-0.05, 0) is 24.3 Å². The van der Waals surface area contributed by atoms with E-state index in [0.29, 0.717) is 16.4 Å². The zero-order valence-electron chi connectivity index (χ0n) is 12.3. The second-order valence-corrected chi connectivity index (χ2v) is 5.83. The molecule has 2 heterocycles. The number of fused-ring (bicyclic) bond motifs is 1. The Balaban J connectivity index is 1.69. The van der Waals surface area contributed by atoms with Gasteiger partial charge in [0.2, 0.25) is 5.91 Å². The summed E-state index contributed by atoms with van der Waals surface area (Å²) in [4.78, 5) is 16.2. The first-order valence-corrected chi connectivity index (χ1v) is 7.52. The van der Waals surface area contributed by atoms with Gasteiger partial charge in [0.25, 0.3) is 0 Å². The molecule has 24 heavy (non-hydrogen) atoms. The van der Waals surface area contributed by atoms with E-state index < -0.39 is 17.8 Å². The zero-order valence-corrected chi connectivity index (χ0v) is 13.1. The molecule has 126 valence electrons. The lowest BCUT2D eigenvalue weighted by Crippen LogP contribution is -2.19. The highest BCUT2D eigenvalue weighted by atomic mass is 32.1. The normalized spacial score (nSPS) is 11.7. The van der Waals surface area contributed by atoms with Crippen LogP contribution in [0.1, 0.15) is 5.69 Å². The molecule has 0 aliphatic rings. The van der Waals surface area contributed by atoms with Gasteiger partial charge in [-0.15, -0.1) is 0 Å². The number of anilines is 1. The van der Waals surface area contributed by atoms with Gasteiger partial charge >= 0.3 is 6.18 Å². The number of halogens is 3. The summed E-state index contributed by atoms with van der Waals surface area (Å²) >= 11 is 1.24. The molecule has 0 saturated carbocycles. The molecular weight excluding hydrogens is 345 g/mol. The Morgan fingerprint density at radius 3 is 2.83 bits per heavy atom. The summed E-state index contributed by atoms with van der Waals surface area (Å²) in [6.45, 7) is -0.338. The number of nitrogens with one attached hydrogen (secondary N) is 1. The van der Waals surface area contributed by atoms with Crippen LogP contribution in [0.15, 0.2) is 30.5 Å². The van der Waals surface area contributed by atoms with Crippen LogP contribution in [0.5, 0.6) is 5.75 Å². The molecule has 0 aliphatic heterocycles. The van der Waals surface area contributed by atoms with E-state index in [0.717, 1.165) is 21.6 Å². The number of carbonyl (C=O) groups excluding carboxylic acids is 1. The Morgan fingerprint density at radius 1 is 1.38 bits per heavy atom. The maximum absolute atomic E-state index is 12.5. The summed E-state index contributed by atoms with van der Waals surface area (Å²) in [5.41, 5.74) is -0.350. The van der Waals surface area contributed by atoms with E-state index in [9.17, 15) is 18.0 Å².